The zero-order chi connectivity index (χ0) is 21.3. The third-order valence-corrected chi connectivity index (χ3v) is 5.03. The van der Waals surface area contributed by atoms with Crippen molar-refractivity contribution in [1.29, 1.82) is 0 Å². The minimum absolute atomic E-state index is 0.102. The van der Waals surface area contributed by atoms with Crippen LogP contribution in [0.25, 0.3) is 21.7 Å². The van der Waals surface area contributed by atoms with Crippen molar-refractivity contribution in [2.45, 2.75) is 26.2 Å². The Balaban J connectivity index is 1.49. The van der Waals surface area contributed by atoms with Crippen molar-refractivity contribution in [2.75, 3.05) is 11.9 Å². The van der Waals surface area contributed by atoms with E-state index in [1.807, 2.05) is 54.6 Å². The summed E-state index contributed by atoms with van der Waals surface area (Å²) in [6.07, 6.45) is 0. The summed E-state index contributed by atoms with van der Waals surface area (Å²) in [6, 6.07) is 20.9. The van der Waals surface area contributed by atoms with Crippen LogP contribution in [0.1, 0.15) is 26.3 Å². The van der Waals surface area contributed by atoms with Gasteiger partial charge in [-0.3, -0.25) is 9.59 Å². The second-order valence-corrected chi connectivity index (χ2v) is 8.40. The predicted octanol–water partition coefficient (Wildman–Crippen LogP) is 5.00. The molecule has 0 saturated carbocycles. The van der Waals surface area contributed by atoms with Crippen molar-refractivity contribution < 1.29 is 9.53 Å². The third kappa shape index (κ3) is 4.20. The van der Waals surface area contributed by atoms with Crippen LogP contribution in [-0.4, -0.2) is 17.5 Å². The molecule has 0 saturated heterocycles. The van der Waals surface area contributed by atoms with Gasteiger partial charge in [-0.1, -0.05) is 57.2 Å². The maximum Gasteiger partial charge on any atom is 0.262 e. The van der Waals surface area contributed by atoms with E-state index in [9.17, 15) is 9.59 Å². The molecule has 0 radical (unpaired) electrons. The third-order valence-electron chi connectivity index (χ3n) is 5.03. The van der Waals surface area contributed by atoms with Gasteiger partial charge in [-0.25, -0.2) is 0 Å². The highest BCUT2D eigenvalue weighted by Crippen LogP contribution is 2.29. The van der Waals surface area contributed by atoms with Gasteiger partial charge in [0.25, 0.3) is 5.91 Å². The van der Waals surface area contributed by atoms with E-state index in [0.717, 1.165) is 21.7 Å². The van der Waals surface area contributed by atoms with Crippen molar-refractivity contribution in [3.8, 4) is 5.75 Å². The van der Waals surface area contributed by atoms with Gasteiger partial charge in [0.2, 0.25) is 5.56 Å². The van der Waals surface area contributed by atoms with E-state index in [1.165, 1.54) is 0 Å². The number of aromatic nitrogens is 1. The molecule has 1 amide bonds. The summed E-state index contributed by atoms with van der Waals surface area (Å²) < 4.78 is 5.65. The molecule has 0 bridgehead atoms. The van der Waals surface area contributed by atoms with Gasteiger partial charge in [-0.05, 0) is 46.0 Å². The van der Waals surface area contributed by atoms with Crippen molar-refractivity contribution in [1.82, 2.24) is 4.98 Å². The number of nitrogens with one attached hydrogen (secondary N) is 2. The zero-order valence-electron chi connectivity index (χ0n) is 17.3. The molecule has 1 heterocycles. The van der Waals surface area contributed by atoms with Crippen molar-refractivity contribution in [3.05, 3.63) is 82.6 Å². The van der Waals surface area contributed by atoms with Crippen LogP contribution >= 0.6 is 0 Å². The molecule has 0 aliphatic carbocycles. The fourth-order valence-electron chi connectivity index (χ4n) is 3.56. The van der Waals surface area contributed by atoms with E-state index >= 15 is 0 Å². The highest BCUT2D eigenvalue weighted by Gasteiger charge is 2.18. The highest BCUT2D eigenvalue weighted by molar-refractivity contribution is 5.95. The van der Waals surface area contributed by atoms with E-state index in [-0.39, 0.29) is 23.5 Å². The Morgan fingerprint density at radius 3 is 2.50 bits per heavy atom. The molecule has 0 atom stereocenters. The molecule has 5 heteroatoms. The van der Waals surface area contributed by atoms with Crippen molar-refractivity contribution in [3.63, 3.8) is 0 Å². The largest absolute Gasteiger partial charge is 0.484 e. The Labute approximate surface area is 174 Å². The predicted molar refractivity (Wildman–Crippen MR) is 121 cm³/mol. The first kappa shape index (κ1) is 19.7. The lowest BCUT2D eigenvalue weighted by Crippen LogP contribution is -2.20. The molecule has 4 aromatic rings. The smallest absolute Gasteiger partial charge is 0.262 e. The number of hydrogen-bond donors (Lipinski definition) is 2. The topological polar surface area (TPSA) is 71.2 Å². The number of rotatable bonds is 4. The molecule has 0 fully saturated rings. The Bertz CT molecular complexity index is 1300. The summed E-state index contributed by atoms with van der Waals surface area (Å²) in [7, 11) is 0. The van der Waals surface area contributed by atoms with Crippen molar-refractivity contribution >= 4 is 33.3 Å². The van der Waals surface area contributed by atoms with Gasteiger partial charge < -0.3 is 15.0 Å². The molecular formula is C25H24N2O3. The lowest BCUT2D eigenvalue weighted by atomic mass is 9.85. The number of aromatic amines is 1. The van der Waals surface area contributed by atoms with Gasteiger partial charge >= 0.3 is 0 Å². The Morgan fingerprint density at radius 1 is 0.967 bits per heavy atom. The van der Waals surface area contributed by atoms with Gasteiger partial charge in [-0.15, -0.1) is 0 Å². The van der Waals surface area contributed by atoms with Crippen LogP contribution in [0.15, 0.2) is 71.5 Å². The van der Waals surface area contributed by atoms with Crippen LogP contribution in [0.5, 0.6) is 5.75 Å². The van der Waals surface area contributed by atoms with Crippen LogP contribution in [0.4, 0.5) is 5.69 Å². The lowest BCUT2D eigenvalue weighted by Gasteiger charge is -2.21. The van der Waals surface area contributed by atoms with E-state index in [1.54, 1.807) is 12.1 Å². The van der Waals surface area contributed by atoms with Crippen molar-refractivity contribution in [2.24, 2.45) is 0 Å². The van der Waals surface area contributed by atoms with Crippen LogP contribution in [0.2, 0.25) is 0 Å². The number of carbonyl (C=O) groups is 1. The monoisotopic (exact) mass is 400 g/mol. The molecule has 5 nitrogen and oxygen atoms in total. The van der Waals surface area contributed by atoms with Gasteiger partial charge in [0, 0.05) is 17.1 Å². The number of H-pyrrole nitrogens is 1. The van der Waals surface area contributed by atoms with E-state index in [2.05, 4.69) is 31.1 Å². The number of carbonyl (C=O) groups excluding carboxylic acids is 1. The average molecular weight is 400 g/mol. The summed E-state index contributed by atoms with van der Waals surface area (Å²) >= 11 is 0. The van der Waals surface area contributed by atoms with Gasteiger partial charge in [0.05, 0.1) is 5.52 Å². The molecular weight excluding hydrogens is 376 g/mol. The zero-order valence-corrected chi connectivity index (χ0v) is 17.3. The number of benzene rings is 3. The molecule has 2 N–H and O–H groups in total. The number of pyridine rings is 1. The average Bonchev–Trinajstić information content (AvgIpc) is 2.70. The summed E-state index contributed by atoms with van der Waals surface area (Å²) in [5.41, 5.74) is 1.96. The summed E-state index contributed by atoms with van der Waals surface area (Å²) in [6.45, 7) is 6.11. The quantitative estimate of drug-likeness (QED) is 0.507. The Kier molecular flexibility index (Phi) is 5.04. The van der Waals surface area contributed by atoms with Crippen LogP contribution < -0.4 is 15.6 Å². The molecule has 152 valence electrons. The summed E-state index contributed by atoms with van der Waals surface area (Å²) in [4.78, 5) is 27.3. The van der Waals surface area contributed by atoms with Crippen LogP contribution in [0.3, 0.4) is 0 Å². The van der Waals surface area contributed by atoms with E-state index < -0.39 is 0 Å². The van der Waals surface area contributed by atoms with Gasteiger partial charge in [0.15, 0.2) is 6.61 Å². The minimum atomic E-state index is -0.267. The summed E-state index contributed by atoms with van der Waals surface area (Å²) in [5, 5.41) is 5.98. The molecule has 3 aromatic carbocycles. The minimum Gasteiger partial charge on any atom is -0.484 e. The maximum atomic E-state index is 12.4. The lowest BCUT2D eigenvalue weighted by molar-refractivity contribution is -0.118. The first-order chi connectivity index (χ1) is 14.3. The fraction of sp³-hybridized carbons (Fsp3) is 0.200. The number of ether oxygens (including phenoxy) is 1. The fourth-order valence-corrected chi connectivity index (χ4v) is 3.56. The normalized spacial score (nSPS) is 11.6. The number of fused-ring (bicyclic) bond motifs is 2. The molecule has 0 unspecified atom stereocenters. The van der Waals surface area contributed by atoms with Gasteiger partial charge in [-0.2, -0.15) is 0 Å². The Morgan fingerprint density at radius 2 is 1.73 bits per heavy atom. The molecule has 4 rings (SSSR count). The second kappa shape index (κ2) is 7.67. The van der Waals surface area contributed by atoms with E-state index in [0.29, 0.717) is 17.0 Å². The molecule has 30 heavy (non-hydrogen) atoms. The standard InChI is InChI=1S/C25H24N2O3/c1-25(2,3)21-14-23(28)27-22-13-18(9-11-20(21)22)26-24(29)15-30-19-10-8-16-6-4-5-7-17(16)12-19/h4-14H,15H2,1-3H3,(H,26,29)(H,27,28). The maximum absolute atomic E-state index is 12.4. The van der Waals surface area contributed by atoms with E-state index in [4.69, 9.17) is 4.74 Å². The summed E-state index contributed by atoms with van der Waals surface area (Å²) in [5.74, 6) is 0.373. The number of amides is 1. The molecule has 0 aliphatic heterocycles. The molecule has 1 aromatic heterocycles. The second-order valence-electron chi connectivity index (χ2n) is 8.40. The molecule has 0 aliphatic rings. The first-order valence-electron chi connectivity index (χ1n) is 9.89. The SMILES string of the molecule is CC(C)(C)c1cc(=O)[nH]c2cc(NC(=O)COc3ccc4ccccc4c3)ccc12. The Hall–Kier alpha value is -3.60. The van der Waals surface area contributed by atoms with Crippen LogP contribution in [0, 0.1) is 0 Å². The number of hydrogen-bond acceptors (Lipinski definition) is 3. The van der Waals surface area contributed by atoms with Crippen LogP contribution in [-0.2, 0) is 10.2 Å². The number of anilines is 1. The first-order valence-corrected chi connectivity index (χ1v) is 9.89. The molecule has 0 spiro atoms. The highest BCUT2D eigenvalue weighted by atomic mass is 16.5. The van der Waals surface area contributed by atoms with Gasteiger partial charge in [0.1, 0.15) is 5.75 Å².